The number of amides is 2. The molecule has 4 heterocycles. The lowest BCUT2D eigenvalue weighted by Gasteiger charge is -2.42. The second-order valence-corrected chi connectivity index (χ2v) is 11.3. The molecule has 6 rings (SSSR count). The van der Waals surface area contributed by atoms with Gasteiger partial charge in [-0.1, -0.05) is 17.4 Å². The van der Waals surface area contributed by atoms with Crippen LogP contribution in [-0.4, -0.2) is 49.6 Å². The molecular weight excluding hydrogens is 450 g/mol. The van der Waals surface area contributed by atoms with Crippen molar-refractivity contribution in [3.63, 3.8) is 0 Å². The number of nitrogens with zero attached hydrogens (tertiary/aromatic N) is 2. The van der Waals surface area contributed by atoms with E-state index in [4.69, 9.17) is 5.11 Å². The minimum absolute atomic E-state index is 0.0196. The third kappa shape index (κ3) is 2.78. The number of thiazole rings is 1. The van der Waals surface area contributed by atoms with Crippen LogP contribution in [0, 0.1) is 29.6 Å². The highest BCUT2D eigenvalue weighted by molar-refractivity contribution is 8.00. The molecule has 2 N–H and O–H groups in total. The van der Waals surface area contributed by atoms with Gasteiger partial charge in [0.05, 0.1) is 16.9 Å². The average molecular weight is 472 g/mol. The number of H-pyrrole nitrogens is 1. The van der Waals surface area contributed by atoms with Crippen molar-refractivity contribution in [2.45, 2.75) is 35.5 Å². The number of carboxylic acid groups (broad SMARTS) is 1. The van der Waals surface area contributed by atoms with Gasteiger partial charge in [-0.05, 0) is 42.2 Å². The first-order valence-corrected chi connectivity index (χ1v) is 12.5. The van der Waals surface area contributed by atoms with E-state index in [9.17, 15) is 19.2 Å². The normalized spacial score (nSPS) is 34.5. The number of aromatic amines is 1. The van der Waals surface area contributed by atoms with Crippen LogP contribution in [-0.2, 0) is 14.4 Å². The fraction of sp³-hybridized carbons (Fsp3) is 0.500. The fourth-order valence-corrected chi connectivity index (χ4v) is 9.51. The molecule has 2 aromatic heterocycles. The van der Waals surface area contributed by atoms with Gasteiger partial charge in [0.1, 0.15) is 0 Å². The van der Waals surface area contributed by atoms with E-state index in [0.29, 0.717) is 0 Å². The van der Waals surface area contributed by atoms with E-state index < -0.39 is 5.97 Å². The molecule has 2 amide bonds. The number of hydrogen-bond acceptors (Lipinski definition) is 7. The number of carboxylic acids is 1. The third-order valence-electron chi connectivity index (χ3n) is 7.63. The van der Waals surface area contributed by atoms with Crippen LogP contribution in [0.5, 0.6) is 0 Å². The van der Waals surface area contributed by atoms with Gasteiger partial charge in [0, 0.05) is 41.4 Å². The predicted octanol–water partition coefficient (Wildman–Crippen LogP) is 2.17. The Morgan fingerprint density at radius 2 is 2.00 bits per heavy atom. The van der Waals surface area contributed by atoms with Crippen molar-refractivity contribution in [2.24, 2.45) is 29.6 Å². The topological polar surface area (TPSA) is 120 Å². The number of pyridine rings is 1. The van der Waals surface area contributed by atoms with E-state index in [-0.39, 0.29) is 76.8 Å². The average Bonchev–Trinajstić information content (AvgIpc) is 3.49. The van der Waals surface area contributed by atoms with Gasteiger partial charge in [0.2, 0.25) is 11.8 Å². The quantitative estimate of drug-likeness (QED) is 0.641. The van der Waals surface area contributed by atoms with Gasteiger partial charge < -0.3 is 10.1 Å². The van der Waals surface area contributed by atoms with Crippen LogP contribution in [0.2, 0.25) is 0 Å². The van der Waals surface area contributed by atoms with E-state index in [1.165, 1.54) is 16.2 Å². The number of likely N-dealkylation sites (tertiary alicyclic amines) is 1. The molecule has 2 bridgehead atoms. The lowest BCUT2D eigenvalue weighted by Crippen LogP contribution is -2.42. The number of aliphatic carboxylic acids is 1. The number of rotatable bonds is 5. The molecule has 2 aromatic rings. The van der Waals surface area contributed by atoms with Crippen molar-refractivity contribution in [3.05, 3.63) is 44.6 Å². The molecular formula is C22H21N3O5S2. The molecule has 1 saturated heterocycles. The SMILES string of the molecule is O=C(O)CCCN1C(=O)[C@@H]2[C@H]3C[C@@H]([C@H]4Sc5[nH]c(=O)sc5[C@@H](c5cccnc5)[C@@H]34)[C@H]2C1=O. The lowest BCUT2D eigenvalue weighted by atomic mass is 9.68. The van der Waals surface area contributed by atoms with Crippen molar-refractivity contribution in [3.8, 4) is 0 Å². The number of fused-ring (bicyclic) bond motifs is 9. The Bertz CT molecular complexity index is 1180. The van der Waals surface area contributed by atoms with Crippen LogP contribution in [0.1, 0.15) is 35.6 Å². The Hall–Kier alpha value is -2.46. The first-order chi connectivity index (χ1) is 15.5. The molecule has 0 spiro atoms. The third-order valence-corrected chi connectivity index (χ3v) is 10.2. The Morgan fingerprint density at radius 1 is 1.22 bits per heavy atom. The fourth-order valence-electron chi connectivity index (χ4n) is 6.62. The van der Waals surface area contributed by atoms with Crippen molar-refractivity contribution in [1.29, 1.82) is 0 Å². The maximum absolute atomic E-state index is 13.3. The number of carbonyl (C=O) groups is 3. The number of carbonyl (C=O) groups excluding carboxylic acids is 2. The summed E-state index contributed by atoms with van der Waals surface area (Å²) in [5.74, 6) is -1.58. The van der Waals surface area contributed by atoms with Crippen molar-refractivity contribution in [1.82, 2.24) is 14.9 Å². The molecule has 0 radical (unpaired) electrons. The maximum atomic E-state index is 13.3. The second-order valence-electron chi connectivity index (χ2n) is 9.07. The molecule has 10 heteroatoms. The largest absolute Gasteiger partial charge is 0.481 e. The smallest absolute Gasteiger partial charge is 0.305 e. The van der Waals surface area contributed by atoms with Gasteiger partial charge in [0.15, 0.2) is 0 Å². The van der Waals surface area contributed by atoms with Crippen LogP contribution in [0.3, 0.4) is 0 Å². The first-order valence-electron chi connectivity index (χ1n) is 10.8. The summed E-state index contributed by atoms with van der Waals surface area (Å²) in [4.78, 5) is 59.1. The summed E-state index contributed by atoms with van der Waals surface area (Å²) in [6.45, 7) is 0.172. The summed E-state index contributed by atoms with van der Waals surface area (Å²) in [5, 5.41) is 9.95. The molecule has 3 fully saturated rings. The number of nitrogens with one attached hydrogen (secondary N) is 1. The minimum Gasteiger partial charge on any atom is -0.481 e. The molecule has 2 aliphatic heterocycles. The molecule has 2 aliphatic carbocycles. The summed E-state index contributed by atoms with van der Waals surface area (Å²) in [5.41, 5.74) is 1.04. The van der Waals surface area contributed by atoms with E-state index >= 15 is 0 Å². The van der Waals surface area contributed by atoms with E-state index in [1.54, 1.807) is 18.0 Å². The lowest BCUT2D eigenvalue weighted by molar-refractivity contribution is -0.142. The number of hydrogen-bond donors (Lipinski definition) is 2. The first kappa shape index (κ1) is 20.2. The highest BCUT2D eigenvalue weighted by Gasteiger charge is 2.69. The van der Waals surface area contributed by atoms with Crippen LogP contribution < -0.4 is 4.87 Å². The standard InChI is InChI=1S/C22H21N3O5S2/c26-12(27)4-2-6-25-20(28)15-10-7-11(16(15)21(25)29)17-14(10)13(9-3-1-5-23-8-9)18-19(31-17)24-22(30)32-18/h1,3,5,8,10-11,13-17H,2,4,6-7H2,(H,24,30)(H,26,27)/t10-,11+,13-,14+,15+,16+,17+/m0/s1. The highest BCUT2D eigenvalue weighted by atomic mass is 32.2. The maximum Gasteiger partial charge on any atom is 0.305 e. The van der Waals surface area contributed by atoms with Gasteiger partial charge >= 0.3 is 10.8 Å². The predicted molar refractivity (Wildman–Crippen MR) is 116 cm³/mol. The van der Waals surface area contributed by atoms with Crippen LogP contribution in [0.15, 0.2) is 34.3 Å². The number of aromatic nitrogens is 2. The number of imide groups is 1. The zero-order valence-electron chi connectivity index (χ0n) is 17.0. The minimum atomic E-state index is -0.925. The highest BCUT2D eigenvalue weighted by Crippen LogP contribution is 2.68. The Kier molecular flexibility index (Phi) is 4.59. The second kappa shape index (κ2) is 7.28. The van der Waals surface area contributed by atoms with E-state index in [2.05, 4.69) is 9.97 Å². The zero-order chi connectivity index (χ0) is 22.1. The van der Waals surface area contributed by atoms with Crippen LogP contribution >= 0.6 is 23.1 Å². The summed E-state index contributed by atoms with van der Waals surface area (Å²) >= 11 is 2.89. The molecule has 0 unspecified atom stereocenters. The van der Waals surface area contributed by atoms with Gasteiger partial charge in [-0.3, -0.25) is 29.1 Å². The monoisotopic (exact) mass is 471 g/mol. The van der Waals surface area contributed by atoms with E-state index in [0.717, 1.165) is 21.9 Å². The zero-order valence-corrected chi connectivity index (χ0v) is 18.6. The van der Waals surface area contributed by atoms with Crippen LogP contribution in [0.4, 0.5) is 0 Å². The Morgan fingerprint density at radius 3 is 2.72 bits per heavy atom. The van der Waals surface area contributed by atoms with Gasteiger partial charge in [-0.25, -0.2) is 0 Å². The van der Waals surface area contributed by atoms with Crippen LogP contribution in [0.25, 0.3) is 0 Å². The molecule has 166 valence electrons. The molecule has 4 aliphatic rings. The van der Waals surface area contributed by atoms with E-state index in [1.807, 2.05) is 18.3 Å². The number of thioether (sulfide) groups is 1. The van der Waals surface area contributed by atoms with Crippen molar-refractivity contribution >= 4 is 40.9 Å². The van der Waals surface area contributed by atoms with Gasteiger partial charge in [0.25, 0.3) is 0 Å². The molecule has 32 heavy (non-hydrogen) atoms. The van der Waals surface area contributed by atoms with Gasteiger partial charge in [-0.15, -0.1) is 11.8 Å². The molecule has 0 aromatic carbocycles. The Balaban J connectivity index is 1.37. The molecule has 7 atom stereocenters. The Labute approximate surface area is 191 Å². The van der Waals surface area contributed by atoms with Crippen molar-refractivity contribution in [2.75, 3.05) is 6.54 Å². The summed E-state index contributed by atoms with van der Waals surface area (Å²) < 4.78 is 0. The van der Waals surface area contributed by atoms with Crippen molar-refractivity contribution < 1.29 is 19.5 Å². The van der Waals surface area contributed by atoms with Gasteiger partial charge in [-0.2, -0.15) is 0 Å². The molecule has 8 nitrogen and oxygen atoms in total. The molecule has 2 saturated carbocycles. The summed E-state index contributed by atoms with van der Waals surface area (Å²) in [6.07, 6.45) is 4.63. The summed E-state index contributed by atoms with van der Waals surface area (Å²) in [7, 11) is 0. The summed E-state index contributed by atoms with van der Waals surface area (Å²) in [6, 6.07) is 3.92.